The average Bonchev–Trinajstić information content (AvgIpc) is 2.14. The van der Waals surface area contributed by atoms with Gasteiger partial charge in [-0.3, -0.25) is 0 Å². The Morgan fingerprint density at radius 3 is 2.54 bits per heavy atom. The van der Waals surface area contributed by atoms with Gasteiger partial charge in [-0.1, -0.05) is 20.3 Å². The molecule has 1 rings (SSSR count). The molecule has 0 saturated carbocycles. The molecule has 0 atom stereocenters. The minimum absolute atomic E-state index is 0. The van der Waals surface area contributed by atoms with Crippen molar-refractivity contribution < 1.29 is 1.43 Å². The zero-order valence-electron chi connectivity index (χ0n) is 9.18. The molecule has 0 radical (unpaired) electrons. The Bertz CT molecular complexity index is 122. The third kappa shape index (κ3) is 5.27. The number of hydrogen-bond acceptors (Lipinski definition) is 2. The summed E-state index contributed by atoms with van der Waals surface area (Å²) < 4.78 is 0. The summed E-state index contributed by atoms with van der Waals surface area (Å²) in [7, 11) is 0. The van der Waals surface area contributed by atoms with Crippen LogP contribution in [0.5, 0.6) is 0 Å². The summed E-state index contributed by atoms with van der Waals surface area (Å²) >= 11 is 0. The zero-order valence-corrected chi connectivity index (χ0v) is 9.18. The highest BCUT2D eigenvalue weighted by Crippen LogP contribution is 2.08. The van der Waals surface area contributed by atoms with Gasteiger partial charge in [0.2, 0.25) is 0 Å². The fourth-order valence-electron chi connectivity index (χ4n) is 1.88. The molecule has 80 valence electrons. The van der Waals surface area contributed by atoms with Crippen molar-refractivity contribution in [1.29, 1.82) is 0 Å². The van der Waals surface area contributed by atoms with Crippen molar-refractivity contribution in [1.82, 2.24) is 10.2 Å². The smallest absolute Gasteiger partial charge is 0.00103 e. The molecule has 0 aliphatic carbocycles. The zero-order chi connectivity index (χ0) is 9.52. The first-order valence-electron chi connectivity index (χ1n) is 5.75. The maximum Gasteiger partial charge on any atom is 0.00103 e. The molecule has 1 fully saturated rings. The van der Waals surface area contributed by atoms with Crippen LogP contribution in [0.4, 0.5) is 0 Å². The first-order valence-corrected chi connectivity index (χ1v) is 5.75. The monoisotopic (exact) mass is 186 g/mol. The number of likely N-dealkylation sites (tertiary alicyclic amines) is 1. The van der Waals surface area contributed by atoms with Gasteiger partial charge in [-0.15, -0.1) is 0 Å². The summed E-state index contributed by atoms with van der Waals surface area (Å²) in [5.41, 5.74) is 0. The molecule has 1 saturated heterocycles. The highest BCUT2D eigenvalue weighted by Gasteiger charge is 2.08. The van der Waals surface area contributed by atoms with Crippen LogP contribution < -0.4 is 5.32 Å². The Hall–Kier alpha value is -0.0800. The van der Waals surface area contributed by atoms with Crippen LogP contribution in [0.3, 0.4) is 0 Å². The summed E-state index contributed by atoms with van der Waals surface area (Å²) in [6.07, 6.45) is 5.58. The van der Waals surface area contributed by atoms with Crippen LogP contribution in [0.1, 0.15) is 41.0 Å². The summed E-state index contributed by atoms with van der Waals surface area (Å²) in [4.78, 5) is 2.60. The molecule has 0 aromatic carbocycles. The van der Waals surface area contributed by atoms with Crippen molar-refractivity contribution in [2.24, 2.45) is 0 Å². The van der Waals surface area contributed by atoms with Gasteiger partial charge in [0.25, 0.3) is 0 Å². The lowest BCUT2D eigenvalue weighted by Gasteiger charge is -2.26. The predicted octanol–water partition coefficient (Wildman–Crippen LogP) is 2.11. The molecule has 2 nitrogen and oxygen atoms in total. The van der Waals surface area contributed by atoms with E-state index in [-0.39, 0.29) is 1.43 Å². The lowest BCUT2D eigenvalue weighted by molar-refractivity contribution is 0.225. The summed E-state index contributed by atoms with van der Waals surface area (Å²) in [6.45, 7) is 9.55. The summed E-state index contributed by atoms with van der Waals surface area (Å²) in [5.74, 6) is 0. The lowest BCUT2D eigenvalue weighted by atomic mass is 10.1. The van der Waals surface area contributed by atoms with Gasteiger partial charge in [0.1, 0.15) is 0 Å². The first kappa shape index (κ1) is 11.0. The van der Waals surface area contributed by atoms with E-state index in [9.17, 15) is 0 Å². The first-order chi connectivity index (χ1) is 6.29. The topological polar surface area (TPSA) is 15.3 Å². The number of nitrogens with zero attached hydrogens (tertiary/aromatic N) is 1. The Morgan fingerprint density at radius 2 is 1.92 bits per heavy atom. The molecule has 0 aromatic rings. The molecule has 1 aliphatic heterocycles. The number of hydrogen-bond donors (Lipinski definition) is 1. The summed E-state index contributed by atoms with van der Waals surface area (Å²) in [5, 5.41) is 3.46. The Kier molecular flexibility index (Phi) is 5.40. The average molecular weight is 186 g/mol. The standard InChI is InChI=1S/C11H24N2.H2/c1-11(2)12-7-6-10-13-8-4-3-5-9-13;/h11-12H,3-10H2,1-2H3;1H. The van der Waals surface area contributed by atoms with Crippen molar-refractivity contribution in [2.75, 3.05) is 26.2 Å². The molecule has 1 aliphatic rings. The van der Waals surface area contributed by atoms with E-state index in [0.29, 0.717) is 6.04 Å². The number of nitrogens with one attached hydrogen (secondary N) is 1. The minimum Gasteiger partial charge on any atom is -0.314 e. The SMILES string of the molecule is CC(C)NCCCN1CCCCC1.[HH]. The number of rotatable bonds is 5. The quantitative estimate of drug-likeness (QED) is 0.662. The molecular weight excluding hydrogens is 160 g/mol. The lowest BCUT2D eigenvalue weighted by Crippen LogP contribution is -2.33. The molecule has 0 amide bonds. The third-order valence-corrected chi connectivity index (χ3v) is 2.65. The second-order valence-corrected chi connectivity index (χ2v) is 4.36. The predicted molar refractivity (Wildman–Crippen MR) is 60.2 cm³/mol. The fraction of sp³-hybridized carbons (Fsp3) is 1.00. The normalized spacial score (nSPS) is 19.6. The van der Waals surface area contributed by atoms with Crippen LogP contribution in [0.25, 0.3) is 0 Å². The van der Waals surface area contributed by atoms with E-state index < -0.39 is 0 Å². The van der Waals surface area contributed by atoms with Crippen LogP contribution >= 0.6 is 0 Å². The van der Waals surface area contributed by atoms with Crippen molar-refractivity contribution in [3.63, 3.8) is 0 Å². The van der Waals surface area contributed by atoms with Crippen LogP contribution in [0.15, 0.2) is 0 Å². The Morgan fingerprint density at radius 1 is 1.23 bits per heavy atom. The molecule has 0 spiro atoms. The largest absolute Gasteiger partial charge is 0.314 e. The molecule has 13 heavy (non-hydrogen) atoms. The molecule has 1 N–H and O–H groups in total. The van der Waals surface area contributed by atoms with Gasteiger partial charge >= 0.3 is 0 Å². The van der Waals surface area contributed by atoms with E-state index in [0.717, 1.165) is 0 Å². The van der Waals surface area contributed by atoms with E-state index in [2.05, 4.69) is 24.1 Å². The van der Waals surface area contributed by atoms with E-state index >= 15 is 0 Å². The van der Waals surface area contributed by atoms with Gasteiger partial charge in [-0.2, -0.15) is 0 Å². The third-order valence-electron chi connectivity index (χ3n) is 2.65. The van der Waals surface area contributed by atoms with Gasteiger partial charge in [-0.05, 0) is 45.4 Å². The molecule has 0 unspecified atom stereocenters. The number of piperidine rings is 1. The van der Waals surface area contributed by atoms with Crippen LogP contribution in [0, 0.1) is 0 Å². The van der Waals surface area contributed by atoms with Crippen molar-refractivity contribution in [3.8, 4) is 0 Å². The van der Waals surface area contributed by atoms with Crippen LogP contribution in [0.2, 0.25) is 0 Å². The minimum atomic E-state index is 0. The molecule has 0 aromatic heterocycles. The van der Waals surface area contributed by atoms with E-state index in [4.69, 9.17) is 0 Å². The second-order valence-electron chi connectivity index (χ2n) is 4.36. The Balaban J connectivity index is 0.00000169. The van der Waals surface area contributed by atoms with Crippen molar-refractivity contribution in [2.45, 2.75) is 45.6 Å². The molecular formula is C11H26N2. The van der Waals surface area contributed by atoms with E-state index in [1.54, 1.807) is 0 Å². The van der Waals surface area contributed by atoms with E-state index in [1.807, 2.05) is 0 Å². The highest BCUT2D eigenvalue weighted by molar-refractivity contribution is 4.65. The van der Waals surface area contributed by atoms with Gasteiger partial charge in [0.15, 0.2) is 0 Å². The van der Waals surface area contributed by atoms with E-state index in [1.165, 1.54) is 51.9 Å². The van der Waals surface area contributed by atoms with Gasteiger partial charge in [-0.25, -0.2) is 0 Å². The summed E-state index contributed by atoms with van der Waals surface area (Å²) in [6, 6.07) is 0.640. The van der Waals surface area contributed by atoms with Gasteiger partial charge in [0.05, 0.1) is 0 Å². The highest BCUT2D eigenvalue weighted by atomic mass is 15.1. The molecule has 0 bridgehead atoms. The molecule has 1 heterocycles. The molecule has 2 heteroatoms. The maximum absolute atomic E-state index is 3.46. The van der Waals surface area contributed by atoms with Crippen LogP contribution in [-0.4, -0.2) is 37.1 Å². The maximum atomic E-state index is 3.46. The van der Waals surface area contributed by atoms with Crippen molar-refractivity contribution in [3.05, 3.63) is 0 Å². The van der Waals surface area contributed by atoms with Gasteiger partial charge < -0.3 is 10.2 Å². The Labute approximate surface area is 84.2 Å². The van der Waals surface area contributed by atoms with Crippen molar-refractivity contribution >= 4 is 0 Å². The second kappa shape index (κ2) is 6.39. The van der Waals surface area contributed by atoms with Gasteiger partial charge in [0, 0.05) is 7.47 Å². The van der Waals surface area contributed by atoms with Crippen LogP contribution in [-0.2, 0) is 0 Å². The fourth-order valence-corrected chi connectivity index (χ4v) is 1.88.